The second kappa shape index (κ2) is 10.2. The Kier molecular flexibility index (Phi) is 7.44. The van der Waals surface area contributed by atoms with Crippen LogP contribution in [0.15, 0.2) is 71.2 Å². The summed E-state index contributed by atoms with van der Waals surface area (Å²) in [5.41, 5.74) is 7.94. The zero-order valence-corrected chi connectivity index (χ0v) is 19.0. The van der Waals surface area contributed by atoms with Gasteiger partial charge in [0.2, 0.25) is 0 Å². The maximum Gasteiger partial charge on any atom is 0.333 e. The summed E-state index contributed by atoms with van der Waals surface area (Å²) < 4.78 is 1.05. The monoisotopic (exact) mass is 480 g/mol. The van der Waals surface area contributed by atoms with Crippen molar-refractivity contribution in [1.29, 1.82) is 0 Å². The molecule has 0 aromatic heterocycles. The highest BCUT2D eigenvalue weighted by molar-refractivity contribution is 9.10. The molecule has 7 heteroatoms. The summed E-state index contributed by atoms with van der Waals surface area (Å²) in [6.07, 6.45) is 0.513. The van der Waals surface area contributed by atoms with Crippen molar-refractivity contribution in [3.63, 3.8) is 0 Å². The fraction of sp³-hybridized carbons (Fsp3) is 0.167. The van der Waals surface area contributed by atoms with Crippen molar-refractivity contribution >= 4 is 39.1 Å². The number of hydrogen-bond donors (Lipinski definition) is 4. The first kappa shape index (κ1) is 22.5. The smallest absolute Gasteiger partial charge is 0.333 e. The van der Waals surface area contributed by atoms with E-state index in [1.54, 1.807) is 0 Å². The molecule has 31 heavy (non-hydrogen) atoms. The molecule has 0 bridgehead atoms. The number of rotatable bonds is 2. The third-order valence-corrected chi connectivity index (χ3v) is 5.64. The second-order valence-corrected chi connectivity index (χ2v) is 8.23. The van der Waals surface area contributed by atoms with Gasteiger partial charge in [-0.05, 0) is 66.9 Å². The Morgan fingerprint density at radius 3 is 2.42 bits per heavy atom. The quantitative estimate of drug-likeness (QED) is 0.221. The van der Waals surface area contributed by atoms with E-state index in [4.69, 9.17) is 5.84 Å². The highest BCUT2D eigenvalue weighted by Crippen LogP contribution is 2.32. The number of carbonyl (C=O) groups is 2. The van der Waals surface area contributed by atoms with Gasteiger partial charge in [-0.15, -0.1) is 0 Å². The van der Waals surface area contributed by atoms with E-state index in [-0.39, 0.29) is 11.8 Å². The van der Waals surface area contributed by atoms with Crippen LogP contribution in [-0.4, -0.2) is 11.8 Å². The minimum atomic E-state index is -0.414. The lowest BCUT2D eigenvalue weighted by Crippen LogP contribution is -2.34. The highest BCUT2D eigenvalue weighted by atomic mass is 79.9. The molecule has 0 spiro atoms. The van der Waals surface area contributed by atoms with Crippen LogP contribution in [0.2, 0.25) is 0 Å². The van der Waals surface area contributed by atoms with E-state index in [0.29, 0.717) is 6.42 Å². The molecule has 4 rings (SSSR count). The van der Waals surface area contributed by atoms with Crippen molar-refractivity contribution in [2.75, 3.05) is 10.6 Å². The maximum absolute atomic E-state index is 12.1. The summed E-state index contributed by atoms with van der Waals surface area (Å²) in [6, 6.07) is 21.1. The molecule has 0 radical (unpaired) electrons. The molecule has 5 N–H and O–H groups in total. The summed E-state index contributed by atoms with van der Waals surface area (Å²) in [4.78, 5) is 22.9. The number of Topliss-reactive ketones (excluding diaryl/α,β-unsaturated/α-hetero) is 1. The Balaban J connectivity index is 0.000000187. The first-order valence-electron chi connectivity index (χ1n) is 9.86. The molecule has 1 unspecified atom stereocenters. The van der Waals surface area contributed by atoms with Crippen LogP contribution in [0.3, 0.4) is 0 Å². The standard InChI is InChI=1S/C15H12BrNO.C9H13N3O/c16-11-7-5-10(6-8-11)14-9-15(18)12-3-1-2-4-13(12)17-14;1-6-3-4-8(5-7(6)2)11-9(13)12-10/h1-8,14,17H,9H2;3-5H,10H2,1-2H3,(H2,11,12,13). The van der Waals surface area contributed by atoms with E-state index in [1.165, 1.54) is 5.56 Å². The molecule has 1 aliphatic heterocycles. The summed E-state index contributed by atoms with van der Waals surface area (Å²) in [5, 5.41) is 6.01. The zero-order chi connectivity index (χ0) is 22.4. The number of hydrogen-bond acceptors (Lipinski definition) is 4. The van der Waals surface area contributed by atoms with Gasteiger partial charge in [0, 0.05) is 27.8 Å². The fourth-order valence-corrected chi connectivity index (χ4v) is 3.53. The Bertz CT molecular complexity index is 1080. The third kappa shape index (κ3) is 5.93. The minimum absolute atomic E-state index is 0.0699. The molecule has 1 atom stereocenters. The van der Waals surface area contributed by atoms with Gasteiger partial charge >= 0.3 is 6.03 Å². The molecule has 2 amide bonds. The summed E-state index contributed by atoms with van der Waals surface area (Å²) in [5.74, 6) is 5.13. The molecule has 0 saturated carbocycles. The number of nitrogens with one attached hydrogen (secondary N) is 3. The van der Waals surface area contributed by atoms with Crippen LogP contribution in [0.4, 0.5) is 16.2 Å². The van der Waals surface area contributed by atoms with Gasteiger partial charge in [-0.2, -0.15) is 0 Å². The van der Waals surface area contributed by atoms with E-state index in [1.807, 2.05) is 86.0 Å². The molecular formula is C24H25BrN4O2. The molecule has 0 saturated heterocycles. The van der Waals surface area contributed by atoms with Crippen molar-refractivity contribution in [2.24, 2.45) is 5.84 Å². The number of para-hydroxylation sites is 1. The van der Waals surface area contributed by atoms with Gasteiger partial charge in [-0.1, -0.05) is 46.3 Å². The number of anilines is 2. The van der Waals surface area contributed by atoms with Crippen molar-refractivity contribution in [2.45, 2.75) is 26.3 Å². The molecule has 0 fully saturated rings. The summed E-state index contributed by atoms with van der Waals surface area (Å²) >= 11 is 3.42. The van der Waals surface area contributed by atoms with Gasteiger partial charge < -0.3 is 10.6 Å². The first-order valence-corrected chi connectivity index (χ1v) is 10.7. The third-order valence-electron chi connectivity index (χ3n) is 5.11. The van der Waals surface area contributed by atoms with E-state index < -0.39 is 6.03 Å². The van der Waals surface area contributed by atoms with Crippen LogP contribution in [-0.2, 0) is 0 Å². The Morgan fingerprint density at radius 2 is 1.74 bits per heavy atom. The summed E-state index contributed by atoms with van der Waals surface area (Å²) in [6.45, 7) is 4.00. The van der Waals surface area contributed by atoms with Crippen LogP contribution in [0.5, 0.6) is 0 Å². The van der Waals surface area contributed by atoms with E-state index >= 15 is 0 Å². The van der Waals surface area contributed by atoms with Crippen molar-refractivity contribution in [3.8, 4) is 0 Å². The number of amides is 2. The normalized spacial score (nSPS) is 14.5. The average molecular weight is 481 g/mol. The number of urea groups is 1. The molecule has 0 aliphatic carbocycles. The van der Waals surface area contributed by atoms with E-state index in [2.05, 4.69) is 26.6 Å². The topological polar surface area (TPSA) is 96.2 Å². The number of halogens is 1. The lowest BCUT2D eigenvalue weighted by Gasteiger charge is -2.26. The average Bonchev–Trinajstić information content (AvgIpc) is 2.77. The molecule has 160 valence electrons. The summed E-state index contributed by atoms with van der Waals surface area (Å²) in [7, 11) is 0. The fourth-order valence-electron chi connectivity index (χ4n) is 3.27. The lowest BCUT2D eigenvalue weighted by molar-refractivity contribution is 0.0972. The van der Waals surface area contributed by atoms with Gasteiger partial charge in [0.05, 0.1) is 6.04 Å². The number of nitrogens with two attached hydrogens (primary N) is 1. The SMILES string of the molecule is Cc1ccc(NC(=O)NN)cc1C.O=C1CC(c2ccc(Br)cc2)Nc2ccccc21. The van der Waals surface area contributed by atoms with Crippen LogP contribution in [0, 0.1) is 13.8 Å². The lowest BCUT2D eigenvalue weighted by atomic mass is 9.92. The highest BCUT2D eigenvalue weighted by Gasteiger charge is 2.24. The minimum Gasteiger partial charge on any atom is -0.377 e. The molecule has 6 nitrogen and oxygen atoms in total. The number of hydrazine groups is 1. The predicted molar refractivity (Wildman–Crippen MR) is 128 cm³/mol. The van der Waals surface area contributed by atoms with Crippen molar-refractivity contribution in [3.05, 3.63) is 93.5 Å². The Labute approximate surface area is 190 Å². The maximum atomic E-state index is 12.1. The van der Waals surface area contributed by atoms with Gasteiger partial charge in [0.15, 0.2) is 5.78 Å². The van der Waals surface area contributed by atoms with Crippen LogP contribution in [0.1, 0.15) is 39.5 Å². The van der Waals surface area contributed by atoms with Crippen molar-refractivity contribution < 1.29 is 9.59 Å². The number of fused-ring (bicyclic) bond motifs is 1. The molecule has 3 aromatic rings. The Hall–Kier alpha value is -3.16. The van der Waals surface area contributed by atoms with Crippen LogP contribution < -0.4 is 21.9 Å². The first-order chi connectivity index (χ1) is 14.9. The molecular weight excluding hydrogens is 456 g/mol. The van der Waals surface area contributed by atoms with E-state index in [0.717, 1.165) is 32.5 Å². The van der Waals surface area contributed by atoms with Gasteiger partial charge in [0.1, 0.15) is 0 Å². The second-order valence-electron chi connectivity index (χ2n) is 7.32. The Morgan fingerprint density at radius 1 is 1.03 bits per heavy atom. The zero-order valence-electron chi connectivity index (χ0n) is 17.4. The van der Waals surface area contributed by atoms with Crippen LogP contribution in [0.25, 0.3) is 0 Å². The van der Waals surface area contributed by atoms with Crippen molar-refractivity contribution in [1.82, 2.24) is 5.43 Å². The number of aryl methyl sites for hydroxylation is 2. The molecule has 1 aliphatic rings. The molecule has 1 heterocycles. The predicted octanol–water partition coefficient (Wildman–Crippen LogP) is 5.49. The van der Waals surface area contributed by atoms with Gasteiger partial charge in [-0.3, -0.25) is 10.2 Å². The largest absolute Gasteiger partial charge is 0.377 e. The van der Waals surface area contributed by atoms with Gasteiger partial charge in [0.25, 0.3) is 0 Å². The molecule has 3 aromatic carbocycles. The van der Waals surface area contributed by atoms with E-state index in [9.17, 15) is 9.59 Å². The number of benzene rings is 3. The van der Waals surface area contributed by atoms with Crippen LogP contribution >= 0.6 is 15.9 Å². The van der Waals surface area contributed by atoms with Gasteiger partial charge in [-0.25, -0.2) is 10.6 Å². The number of ketones is 1. The number of carbonyl (C=O) groups excluding carboxylic acids is 2.